The van der Waals surface area contributed by atoms with Crippen molar-refractivity contribution >= 4 is 0 Å². The van der Waals surface area contributed by atoms with Crippen LogP contribution in [0.5, 0.6) is 0 Å². The molecular weight excluding hydrogens is 188 g/mol. The van der Waals surface area contributed by atoms with Gasteiger partial charge in [-0.3, -0.25) is 0 Å². The van der Waals surface area contributed by atoms with Gasteiger partial charge in [-0.25, -0.2) is 0 Å². The first-order chi connectivity index (χ1) is 7.34. The van der Waals surface area contributed by atoms with Crippen molar-refractivity contribution in [3.8, 4) is 0 Å². The van der Waals surface area contributed by atoms with Crippen LogP contribution in [0.3, 0.4) is 0 Å². The van der Waals surface area contributed by atoms with E-state index >= 15 is 0 Å². The lowest BCUT2D eigenvalue weighted by Crippen LogP contribution is -2.39. The summed E-state index contributed by atoms with van der Waals surface area (Å²) in [6.07, 6.45) is 6.12. The van der Waals surface area contributed by atoms with Crippen molar-refractivity contribution in [1.82, 2.24) is 0 Å². The van der Waals surface area contributed by atoms with Gasteiger partial charge in [-0.15, -0.1) is 0 Å². The minimum Gasteiger partial charge on any atom is -0.374 e. The Kier molecular flexibility index (Phi) is 2.33. The molecule has 0 radical (unpaired) electrons. The number of hydrogen-bond donors (Lipinski definition) is 0. The normalized spacial score (nSPS) is 59.0. The molecule has 0 amide bonds. The summed E-state index contributed by atoms with van der Waals surface area (Å²) in [5.74, 6) is 2.33. The third-order valence-electron chi connectivity index (χ3n) is 4.69. The van der Waals surface area contributed by atoms with Gasteiger partial charge in [0.05, 0.1) is 24.4 Å². The Balaban J connectivity index is 0.000000343. The first-order valence-electron chi connectivity index (χ1n) is 6.65. The Morgan fingerprint density at radius 2 is 1.53 bits per heavy atom. The van der Waals surface area contributed by atoms with Crippen LogP contribution < -0.4 is 0 Å². The van der Waals surface area contributed by atoms with E-state index in [4.69, 9.17) is 9.47 Å². The number of fused-ring (bicyclic) bond motifs is 9. The molecule has 15 heavy (non-hydrogen) atoms. The van der Waals surface area contributed by atoms with Gasteiger partial charge in [0.1, 0.15) is 0 Å². The fraction of sp³-hybridized carbons (Fsp3) is 1.00. The van der Waals surface area contributed by atoms with Gasteiger partial charge < -0.3 is 9.47 Å². The quantitative estimate of drug-likeness (QED) is 0.612. The molecule has 4 bridgehead atoms. The molecule has 0 saturated carbocycles. The second-order valence-corrected chi connectivity index (χ2v) is 5.30. The standard InChI is InChI=1S/C11H16O2.C2H6/c1-5-4-8-9-6-2-3-7(12-6)10(9)11(5)13-8;1-2/h5-11H,2-4H2,1H3;1-2H3. The molecule has 86 valence electrons. The summed E-state index contributed by atoms with van der Waals surface area (Å²) in [5.41, 5.74) is 0. The second-order valence-electron chi connectivity index (χ2n) is 5.30. The molecule has 2 heteroatoms. The van der Waals surface area contributed by atoms with E-state index in [1.54, 1.807) is 0 Å². The van der Waals surface area contributed by atoms with E-state index in [1.807, 2.05) is 13.8 Å². The van der Waals surface area contributed by atoms with Gasteiger partial charge in [-0.1, -0.05) is 20.8 Å². The van der Waals surface area contributed by atoms with E-state index in [0.29, 0.717) is 24.4 Å². The molecule has 4 saturated heterocycles. The van der Waals surface area contributed by atoms with E-state index in [9.17, 15) is 0 Å². The van der Waals surface area contributed by atoms with Crippen molar-refractivity contribution in [2.24, 2.45) is 17.8 Å². The molecule has 0 aromatic rings. The highest BCUT2D eigenvalue weighted by atomic mass is 16.5. The molecule has 0 N–H and O–H groups in total. The van der Waals surface area contributed by atoms with Crippen molar-refractivity contribution in [3.63, 3.8) is 0 Å². The molecular formula is C13H22O2. The van der Waals surface area contributed by atoms with Crippen LogP contribution in [0.15, 0.2) is 0 Å². The van der Waals surface area contributed by atoms with Crippen molar-refractivity contribution < 1.29 is 9.47 Å². The van der Waals surface area contributed by atoms with E-state index < -0.39 is 0 Å². The van der Waals surface area contributed by atoms with E-state index in [-0.39, 0.29) is 0 Å². The highest BCUT2D eigenvalue weighted by Crippen LogP contribution is 2.58. The maximum Gasteiger partial charge on any atom is 0.0663 e. The molecule has 7 unspecified atom stereocenters. The second kappa shape index (κ2) is 3.46. The van der Waals surface area contributed by atoms with Gasteiger partial charge in [0, 0.05) is 11.8 Å². The average Bonchev–Trinajstić information content (AvgIpc) is 2.97. The van der Waals surface area contributed by atoms with Gasteiger partial charge in [-0.2, -0.15) is 0 Å². The zero-order chi connectivity index (χ0) is 10.6. The Morgan fingerprint density at radius 1 is 0.867 bits per heavy atom. The van der Waals surface area contributed by atoms with Crippen molar-refractivity contribution in [2.45, 2.75) is 64.4 Å². The molecule has 4 fully saturated rings. The molecule has 0 spiro atoms. The third-order valence-corrected chi connectivity index (χ3v) is 4.69. The summed E-state index contributed by atoms with van der Waals surface area (Å²) < 4.78 is 12.0. The molecule has 4 heterocycles. The minimum atomic E-state index is 0.547. The monoisotopic (exact) mass is 210 g/mol. The minimum absolute atomic E-state index is 0.547. The molecule has 0 aromatic heterocycles. The maximum atomic E-state index is 6.05. The van der Waals surface area contributed by atoms with E-state index in [2.05, 4.69) is 6.92 Å². The Morgan fingerprint density at radius 3 is 2.27 bits per heavy atom. The van der Waals surface area contributed by atoms with Gasteiger partial charge in [0.25, 0.3) is 0 Å². The van der Waals surface area contributed by atoms with Crippen LogP contribution in [0.1, 0.15) is 40.0 Å². The van der Waals surface area contributed by atoms with Crippen molar-refractivity contribution in [2.75, 3.05) is 0 Å². The number of hydrogen-bond acceptors (Lipinski definition) is 2. The van der Waals surface area contributed by atoms with Gasteiger partial charge in [0.15, 0.2) is 0 Å². The van der Waals surface area contributed by atoms with Crippen LogP contribution >= 0.6 is 0 Å². The molecule has 2 nitrogen and oxygen atoms in total. The van der Waals surface area contributed by atoms with Crippen LogP contribution in [0.4, 0.5) is 0 Å². The van der Waals surface area contributed by atoms with Crippen LogP contribution in [-0.2, 0) is 9.47 Å². The van der Waals surface area contributed by atoms with Crippen LogP contribution in [-0.4, -0.2) is 24.4 Å². The topological polar surface area (TPSA) is 18.5 Å². The lowest BCUT2D eigenvalue weighted by molar-refractivity contribution is 0.00277. The zero-order valence-corrected chi connectivity index (χ0v) is 9.98. The Bertz CT molecular complexity index is 253. The summed E-state index contributed by atoms with van der Waals surface area (Å²) in [6.45, 7) is 6.34. The molecule has 7 atom stereocenters. The average molecular weight is 210 g/mol. The van der Waals surface area contributed by atoms with Crippen molar-refractivity contribution in [1.29, 1.82) is 0 Å². The SMILES string of the molecule is CC.CC1CC2OC1C1C3CCC(O3)C21. The summed E-state index contributed by atoms with van der Waals surface area (Å²) in [5, 5.41) is 0. The van der Waals surface area contributed by atoms with Crippen LogP contribution in [0.2, 0.25) is 0 Å². The van der Waals surface area contributed by atoms with E-state index in [1.165, 1.54) is 19.3 Å². The predicted octanol–water partition coefficient (Wildman–Crippen LogP) is 2.61. The van der Waals surface area contributed by atoms with Crippen molar-refractivity contribution in [3.05, 3.63) is 0 Å². The summed E-state index contributed by atoms with van der Waals surface area (Å²) >= 11 is 0. The Hall–Kier alpha value is -0.0800. The summed E-state index contributed by atoms with van der Waals surface area (Å²) in [7, 11) is 0. The maximum absolute atomic E-state index is 6.05. The predicted molar refractivity (Wildman–Crippen MR) is 58.7 cm³/mol. The van der Waals surface area contributed by atoms with E-state index in [0.717, 1.165) is 17.8 Å². The smallest absolute Gasteiger partial charge is 0.0663 e. The lowest BCUT2D eigenvalue weighted by Gasteiger charge is -2.31. The fourth-order valence-electron chi connectivity index (χ4n) is 4.28. The summed E-state index contributed by atoms with van der Waals surface area (Å²) in [4.78, 5) is 0. The Labute approximate surface area is 92.3 Å². The lowest BCUT2D eigenvalue weighted by atomic mass is 9.68. The molecule has 0 aromatic carbocycles. The first kappa shape index (κ1) is 10.1. The highest BCUT2D eigenvalue weighted by molar-refractivity contribution is 5.10. The van der Waals surface area contributed by atoms with Gasteiger partial charge in [0.2, 0.25) is 0 Å². The summed E-state index contributed by atoms with van der Waals surface area (Å²) in [6, 6.07) is 0. The molecule has 4 aliphatic heterocycles. The first-order valence-corrected chi connectivity index (χ1v) is 6.65. The molecule has 4 rings (SSSR count). The number of ether oxygens (including phenoxy) is 2. The van der Waals surface area contributed by atoms with Crippen LogP contribution in [0.25, 0.3) is 0 Å². The number of rotatable bonds is 0. The fourth-order valence-corrected chi connectivity index (χ4v) is 4.28. The zero-order valence-electron chi connectivity index (χ0n) is 9.98. The largest absolute Gasteiger partial charge is 0.374 e. The highest BCUT2D eigenvalue weighted by Gasteiger charge is 2.63. The molecule has 4 aliphatic rings. The van der Waals surface area contributed by atoms with Gasteiger partial charge in [-0.05, 0) is 25.2 Å². The third kappa shape index (κ3) is 1.18. The van der Waals surface area contributed by atoms with Crippen LogP contribution in [0, 0.1) is 17.8 Å². The molecule has 0 aliphatic carbocycles. The van der Waals surface area contributed by atoms with Gasteiger partial charge >= 0.3 is 0 Å².